The number of rotatable bonds is 5. The third kappa shape index (κ3) is 4.61. The molecule has 7 heteroatoms. The van der Waals surface area contributed by atoms with E-state index in [2.05, 4.69) is 5.32 Å². The topological polar surface area (TPSA) is 69.6 Å². The zero-order chi connectivity index (χ0) is 13.5. The molecule has 1 unspecified atom stereocenters. The van der Waals surface area contributed by atoms with E-state index < -0.39 is 12.0 Å². The SMILES string of the molecule is CSCC[C@H](NC(=O)N1CCSCC1C)C(=O)O. The van der Waals surface area contributed by atoms with Gasteiger partial charge < -0.3 is 15.3 Å². The van der Waals surface area contributed by atoms with Crippen LogP contribution in [0.15, 0.2) is 0 Å². The number of carboxylic acid groups (broad SMARTS) is 1. The lowest BCUT2D eigenvalue weighted by molar-refractivity contribution is -0.139. The third-order valence-corrected chi connectivity index (χ3v) is 4.67. The van der Waals surface area contributed by atoms with Gasteiger partial charge in [0.15, 0.2) is 0 Å². The average molecular weight is 292 g/mol. The fraction of sp³-hybridized carbons (Fsp3) is 0.818. The van der Waals surface area contributed by atoms with Gasteiger partial charge in [0, 0.05) is 24.1 Å². The highest BCUT2D eigenvalue weighted by Crippen LogP contribution is 2.16. The highest BCUT2D eigenvalue weighted by Gasteiger charge is 2.27. The molecule has 1 aliphatic heterocycles. The molecule has 0 saturated carbocycles. The van der Waals surface area contributed by atoms with E-state index in [1.807, 2.05) is 24.9 Å². The molecule has 1 fully saturated rings. The van der Waals surface area contributed by atoms with Crippen LogP contribution in [0.4, 0.5) is 4.79 Å². The maximum atomic E-state index is 12.0. The Labute approximate surface area is 116 Å². The van der Waals surface area contributed by atoms with E-state index in [0.29, 0.717) is 13.0 Å². The molecule has 0 aromatic rings. The van der Waals surface area contributed by atoms with Crippen LogP contribution >= 0.6 is 23.5 Å². The first kappa shape index (κ1) is 15.5. The van der Waals surface area contributed by atoms with Crippen LogP contribution in [0.25, 0.3) is 0 Å². The van der Waals surface area contributed by atoms with Crippen molar-refractivity contribution in [2.24, 2.45) is 0 Å². The molecular formula is C11H20N2O3S2. The molecular weight excluding hydrogens is 272 g/mol. The first-order valence-corrected chi connectivity index (χ1v) is 8.47. The van der Waals surface area contributed by atoms with Crippen molar-refractivity contribution in [1.29, 1.82) is 0 Å². The highest BCUT2D eigenvalue weighted by molar-refractivity contribution is 7.99. The predicted molar refractivity (Wildman–Crippen MR) is 76.4 cm³/mol. The van der Waals surface area contributed by atoms with Gasteiger partial charge in [-0.1, -0.05) is 0 Å². The summed E-state index contributed by atoms with van der Waals surface area (Å²) in [7, 11) is 0. The number of thioether (sulfide) groups is 2. The normalized spacial score (nSPS) is 21.4. The van der Waals surface area contributed by atoms with Crippen molar-refractivity contribution in [1.82, 2.24) is 10.2 Å². The average Bonchev–Trinajstić information content (AvgIpc) is 2.34. The minimum absolute atomic E-state index is 0.166. The van der Waals surface area contributed by atoms with Crippen molar-refractivity contribution in [3.63, 3.8) is 0 Å². The molecule has 0 aromatic heterocycles. The fourth-order valence-electron chi connectivity index (χ4n) is 1.75. The van der Waals surface area contributed by atoms with Crippen LogP contribution in [0, 0.1) is 0 Å². The maximum absolute atomic E-state index is 12.0. The zero-order valence-electron chi connectivity index (χ0n) is 10.7. The molecule has 2 amide bonds. The van der Waals surface area contributed by atoms with Crippen molar-refractivity contribution in [3.8, 4) is 0 Å². The largest absolute Gasteiger partial charge is 0.480 e. The number of hydrogen-bond acceptors (Lipinski definition) is 4. The molecule has 104 valence electrons. The molecule has 18 heavy (non-hydrogen) atoms. The molecule has 0 bridgehead atoms. The Kier molecular flexibility index (Phi) is 6.70. The summed E-state index contributed by atoms with van der Waals surface area (Å²) in [5.74, 6) is 1.59. The number of carbonyl (C=O) groups is 2. The van der Waals surface area contributed by atoms with Gasteiger partial charge in [-0.3, -0.25) is 0 Å². The number of carbonyl (C=O) groups excluding carboxylic acids is 1. The summed E-state index contributed by atoms with van der Waals surface area (Å²) in [5.41, 5.74) is 0. The van der Waals surface area contributed by atoms with Gasteiger partial charge in [0.05, 0.1) is 0 Å². The first-order chi connectivity index (χ1) is 8.56. The van der Waals surface area contributed by atoms with E-state index in [1.54, 1.807) is 16.7 Å². The number of urea groups is 1. The lowest BCUT2D eigenvalue weighted by atomic mass is 10.2. The number of amides is 2. The first-order valence-electron chi connectivity index (χ1n) is 5.93. The van der Waals surface area contributed by atoms with E-state index in [-0.39, 0.29) is 12.1 Å². The standard InChI is InChI=1S/C11H20N2O3S2/c1-8-7-18-6-4-13(8)11(16)12-9(10(14)15)3-5-17-2/h8-9H,3-7H2,1-2H3,(H,12,16)(H,14,15)/t8?,9-/m0/s1. The smallest absolute Gasteiger partial charge is 0.326 e. The van der Waals surface area contributed by atoms with Crippen LogP contribution in [0.2, 0.25) is 0 Å². The number of nitrogens with zero attached hydrogens (tertiary/aromatic N) is 1. The number of hydrogen-bond donors (Lipinski definition) is 2. The molecule has 1 rings (SSSR count). The molecule has 0 aromatic carbocycles. The van der Waals surface area contributed by atoms with E-state index in [1.165, 1.54) is 0 Å². The van der Waals surface area contributed by atoms with Gasteiger partial charge in [0.25, 0.3) is 0 Å². The van der Waals surface area contributed by atoms with Crippen LogP contribution in [0.5, 0.6) is 0 Å². The molecule has 2 N–H and O–H groups in total. The van der Waals surface area contributed by atoms with Gasteiger partial charge in [0.1, 0.15) is 6.04 Å². The minimum Gasteiger partial charge on any atom is -0.480 e. The number of nitrogens with one attached hydrogen (secondary N) is 1. The highest BCUT2D eigenvalue weighted by atomic mass is 32.2. The van der Waals surface area contributed by atoms with E-state index >= 15 is 0 Å². The van der Waals surface area contributed by atoms with Crippen molar-refractivity contribution < 1.29 is 14.7 Å². The van der Waals surface area contributed by atoms with Gasteiger partial charge in [-0.05, 0) is 25.4 Å². The second-order valence-electron chi connectivity index (χ2n) is 4.24. The van der Waals surface area contributed by atoms with Crippen molar-refractivity contribution >= 4 is 35.5 Å². The lowest BCUT2D eigenvalue weighted by Crippen LogP contribution is -2.53. The third-order valence-electron chi connectivity index (χ3n) is 2.83. The minimum atomic E-state index is -0.962. The van der Waals surface area contributed by atoms with Crippen molar-refractivity contribution in [3.05, 3.63) is 0 Å². The Morgan fingerprint density at radius 1 is 1.61 bits per heavy atom. The van der Waals surface area contributed by atoms with Crippen LogP contribution in [0.3, 0.4) is 0 Å². The van der Waals surface area contributed by atoms with Gasteiger partial charge in [-0.2, -0.15) is 23.5 Å². The summed E-state index contributed by atoms with van der Waals surface area (Å²) in [6, 6.07) is -0.873. The molecule has 1 saturated heterocycles. The summed E-state index contributed by atoms with van der Waals surface area (Å²) >= 11 is 3.40. The molecule has 1 heterocycles. The van der Waals surface area contributed by atoms with Crippen molar-refractivity contribution in [2.45, 2.75) is 25.4 Å². The lowest BCUT2D eigenvalue weighted by Gasteiger charge is -2.33. The quantitative estimate of drug-likeness (QED) is 0.800. The van der Waals surface area contributed by atoms with E-state index in [0.717, 1.165) is 17.3 Å². The summed E-state index contributed by atoms with van der Waals surface area (Å²) < 4.78 is 0. The van der Waals surface area contributed by atoms with E-state index in [9.17, 15) is 9.59 Å². The summed E-state index contributed by atoms with van der Waals surface area (Å²) in [6.45, 7) is 2.68. The van der Waals surface area contributed by atoms with Crippen LogP contribution in [-0.2, 0) is 4.79 Å². The zero-order valence-corrected chi connectivity index (χ0v) is 12.4. The van der Waals surface area contributed by atoms with Crippen LogP contribution in [-0.4, -0.2) is 64.1 Å². The monoisotopic (exact) mass is 292 g/mol. The maximum Gasteiger partial charge on any atom is 0.326 e. The number of aliphatic carboxylic acids is 1. The Hall–Kier alpha value is -0.560. The number of carboxylic acids is 1. The van der Waals surface area contributed by atoms with E-state index in [4.69, 9.17) is 5.11 Å². The van der Waals surface area contributed by atoms with Gasteiger partial charge >= 0.3 is 12.0 Å². The molecule has 0 spiro atoms. The Morgan fingerprint density at radius 3 is 2.89 bits per heavy atom. The second-order valence-corrected chi connectivity index (χ2v) is 6.37. The van der Waals surface area contributed by atoms with Gasteiger partial charge in [-0.15, -0.1) is 0 Å². The van der Waals surface area contributed by atoms with Crippen molar-refractivity contribution in [2.75, 3.05) is 30.1 Å². The molecule has 0 aliphatic carbocycles. The molecule has 1 aliphatic rings. The molecule has 5 nitrogen and oxygen atoms in total. The van der Waals surface area contributed by atoms with Gasteiger partial charge in [0.2, 0.25) is 0 Å². The molecule has 0 radical (unpaired) electrons. The second kappa shape index (κ2) is 7.78. The fourth-order valence-corrected chi connectivity index (χ4v) is 3.24. The Balaban J connectivity index is 2.51. The summed E-state index contributed by atoms with van der Waals surface area (Å²) in [6.07, 6.45) is 2.38. The van der Waals surface area contributed by atoms with Crippen LogP contribution < -0.4 is 5.32 Å². The van der Waals surface area contributed by atoms with Gasteiger partial charge in [-0.25, -0.2) is 9.59 Å². The summed E-state index contributed by atoms with van der Waals surface area (Å²) in [4.78, 5) is 24.8. The Morgan fingerprint density at radius 2 is 2.33 bits per heavy atom. The van der Waals surface area contributed by atoms with Crippen LogP contribution in [0.1, 0.15) is 13.3 Å². The predicted octanol–water partition coefficient (Wildman–Crippen LogP) is 1.34. The molecule has 2 atom stereocenters. The summed E-state index contributed by atoms with van der Waals surface area (Å²) in [5, 5.41) is 11.7. The Bertz CT molecular complexity index is 302.